The monoisotopic (exact) mass is 311 g/mol. The molecular formula is C20H13N3O. The zero-order valence-electron chi connectivity index (χ0n) is 12.8. The zero-order valence-corrected chi connectivity index (χ0v) is 12.8. The van der Waals surface area contributed by atoms with E-state index < -0.39 is 6.04 Å². The van der Waals surface area contributed by atoms with Crippen LogP contribution in [0, 0.1) is 11.3 Å². The average molecular weight is 311 g/mol. The highest BCUT2D eigenvalue weighted by atomic mass is 16.2. The van der Waals surface area contributed by atoms with E-state index in [2.05, 4.69) is 11.1 Å². The molecule has 3 aromatic rings. The van der Waals surface area contributed by atoms with Crippen LogP contribution in [0.5, 0.6) is 0 Å². The molecule has 0 aliphatic carbocycles. The first-order valence-corrected chi connectivity index (χ1v) is 7.64. The van der Waals surface area contributed by atoms with Gasteiger partial charge in [-0.2, -0.15) is 5.26 Å². The lowest BCUT2D eigenvalue weighted by Crippen LogP contribution is -2.37. The van der Waals surface area contributed by atoms with Crippen LogP contribution in [0.4, 0.5) is 5.69 Å². The Balaban J connectivity index is 1.94. The number of nitrogens with zero attached hydrogens (tertiary/aromatic N) is 3. The fraction of sp³-hybridized carbons (Fsp3) is 0.0500. The molecule has 1 unspecified atom stereocenters. The molecule has 1 atom stereocenters. The molecule has 114 valence electrons. The van der Waals surface area contributed by atoms with Gasteiger partial charge in [-0.15, -0.1) is 0 Å². The maximum absolute atomic E-state index is 13.1. The summed E-state index contributed by atoms with van der Waals surface area (Å²) >= 11 is 0. The van der Waals surface area contributed by atoms with E-state index >= 15 is 0 Å². The van der Waals surface area contributed by atoms with Gasteiger partial charge in [-0.05, 0) is 24.3 Å². The van der Waals surface area contributed by atoms with Gasteiger partial charge in [-0.25, -0.2) is 0 Å². The SMILES string of the molecule is N#CC1c2ncccc2-c2ccccc2N1C(=O)c1ccccc1. The molecule has 1 aliphatic rings. The number of nitriles is 1. The summed E-state index contributed by atoms with van der Waals surface area (Å²) in [5, 5.41) is 9.75. The summed E-state index contributed by atoms with van der Waals surface area (Å²) in [4.78, 5) is 19.0. The van der Waals surface area contributed by atoms with Crippen LogP contribution < -0.4 is 4.90 Å². The van der Waals surface area contributed by atoms with Crippen LogP contribution in [0.15, 0.2) is 72.9 Å². The molecule has 4 rings (SSSR count). The highest BCUT2D eigenvalue weighted by Crippen LogP contribution is 2.43. The van der Waals surface area contributed by atoms with Crippen LogP contribution in [0.2, 0.25) is 0 Å². The molecule has 0 fully saturated rings. The van der Waals surface area contributed by atoms with Crippen LogP contribution in [0.3, 0.4) is 0 Å². The first-order valence-electron chi connectivity index (χ1n) is 7.64. The van der Waals surface area contributed by atoms with Gasteiger partial charge in [-0.3, -0.25) is 14.7 Å². The molecule has 2 aromatic carbocycles. The Morgan fingerprint density at radius 1 is 0.958 bits per heavy atom. The number of amides is 1. The van der Waals surface area contributed by atoms with Gasteiger partial charge in [0.15, 0.2) is 6.04 Å². The minimum absolute atomic E-state index is 0.203. The van der Waals surface area contributed by atoms with Crippen LogP contribution >= 0.6 is 0 Å². The van der Waals surface area contributed by atoms with Crippen molar-refractivity contribution in [3.63, 3.8) is 0 Å². The number of carbonyl (C=O) groups excluding carboxylic acids is 1. The molecule has 1 amide bonds. The third-order valence-electron chi connectivity index (χ3n) is 4.17. The highest BCUT2D eigenvalue weighted by Gasteiger charge is 2.36. The number of carbonyl (C=O) groups is 1. The van der Waals surface area contributed by atoms with Crippen molar-refractivity contribution in [1.29, 1.82) is 5.26 Å². The lowest BCUT2D eigenvalue weighted by molar-refractivity contribution is 0.0980. The Labute approximate surface area is 139 Å². The molecule has 0 saturated carbocycles. The zero-order chi connectivity index (χ0) is 16.5. The van der Waals surface area contributed by atoms with Crippen LogP contribution in [0.25, 0.3) is 11.1 Å². The third kappa shape index (κ3) is 2.07. The van der Waals surface area contributed by atoms with Gasteiger partial charge in [0.05, 0.1) is 17.5 Å². The highest BCUT2D eigenvalue weighted by molar-refractivity contribution is 6.10. The quantitative estimate of drug-likeness (QED) is 0.683. The second-order valence-corrected chi connectivity index (χ2v) is 5.53. The summed E-state index contributed by atoms with van der Waals surface area (Å²) in [5.74, 6) is -0.203. The molecule has 0 N–H and O–H groups in total. The fourth-order valence-corrected chi connectivity index (χ4v) is 3.10. The summed E-state index contributed by atoms with van der Waals surface area (Å²) in [6.45, 7) is 0. The van der Waals surface area contributed by atoms with Crippen molar-refractivity contribution in [2.24, 2.45) is 0 Å². The van der Waals surface area contributed by atoms with Crippen molar-refractivity contribution in [1.82, 2.24) is 4.98 Å². The number of rotatable bonds is 1. The second-order valence-electron chi connectivity index (χ2n) is 5.53. The summed E-state index contributed by atoms with van der Waals surface area (Å²) < 4.78 is 0. The van der Waals surface area contributed by atoms with Gasteiger partial charge in [0, 0.05) is 22.9 Å². The van der Waals surface area contributed by atoms with Gasteiger partial charge in [0.25, 0.3) is 5.91 Å². The number of hydrogen-bond donors (Lipinski definition) is 0. The van der Waals surface area contributed by atoms with E-state index in [4.69, 9.17) is 0 Å². The van der Waals surface area contributed by atoms with E-state index in [-0.39, 0.29) is 5.91 Å². The summed E-state index contributed by atoms with van der Waals surface area (Å²) in [5.41, 5.74) is 3.71. The maximum atomic E-state index is 13.1. The lowest BCUT2D eigenvalue weighted by Gasteiger charge is -2.34. The Bertz CT molecular complexity index is 960. The second kappa shape index (κ2) is 5.64. The number of hydrogen-bond acceptors (Lipinski definition) is 3. The number of pyridine rings is 1. The molecule has 0 saturated heterocycles. The van der Waals surface area contributed by atoms with Gasteiger partial charge in [-0.1, -0.05) is 42.5 Å². The number of anilines is 1. The molecule has 0 spiro atoms. The Morgan fingerprint density at radius 3 is 2.46 bits per heavy atom. The van der Waals surface area contributed by atoms with Crippen LogP contribution in [0.1, 0.15) is 22.1 Å². The molecule has 24 heavy (non-hydrogen) atoms. The minimum Gasteiger partial charge on any atom is -0.285 e. The maximum Gasteiger partial charge on any atom is 0.259 e. The molecule has 1 aliphatic heterocycles. The third-order valence-corrected chi connectivity index (χ3v) is 4.17. The first kappa shape index (κ1) is 14.2. The smallest absolute Gasteiger partial charge is 0.259 e. The van der Waals surface area contributed by atoms with Crippen molar-refractivity contribution < 1.29 is 4.79 Å². The van der Waals surface area contributed by atoms with E-state index in [0.29, 0.717) is 11.3 Å². The van der Waals surface area contributed by atoms with Crippen LogP contribution in [-0.4, -0.2) is 10.9 Å². The molecule has 0 bridgehead atoms. The number of benzene rings is 2. The number of fused-ring (bicyclic) bond motifs is 3. The Hall–Kier alpha value is -3.45. The largest absolute Gasteiger partial charge is 0.285 e. The molecule has 0 radical (unpaired) electrons. The van der Waals surface area contributed by atoms with E-state index in [1.807, 2.05) is 54.6 Å². The topological polar surface area (TPSA) is 57.0 Å². The standard InChI is InChI=1S/C20H13N3O/c21-13-18-19-16(10-6-12-22-19)15-9-4-5-11-17(15)23(18)20(24)14-7-2-1-3-8-14/h1-12,18H. The van der Waals surface area contributed by atoms with Crippen molar-refractivity contribution in [2.45, 2.75) is 6.04 Å². The normalized spacial score (nSPS) is 15.1. The molecular weight excluding hydrogens is 298 g/mol. The summed E-state index contributed by atoms with van der Waals surface area (Å²) in [6.07, 6.45) is 1.66. The lowest BCUT2D eigenvalue weighted by atomic mass is 9.92. The average Bonchev–Trinajstić information content (AvgIpc) is 2.67. The fourth-order valence-electron chi connectivity index (χ4n) is 3.10. The molecule has 4 nitrogen and oxygen atoms in total. The molecule has 2 heterocycles. The molecule has 1 aromatic heterocycles. The van der Waals surface area contributed by atoms with E-state index in [9.17, 15) is 10.1 Å². The predicted molar refractivity (Wildman–Crippen MR) is 91.3 cm³/mol. The number of aromatic nitrogens is 1. The molecule has 4 heteroatoms. The van der Waals surface area contributed by atoms with Gasteiger partial charge >= 0.3 is 0 Å². The van der Waals surface area contributed by atoms with Crippen molar-refractivity contribution in [3.05, 3.63) is 84.2 Å². The van der Waals surface area contributed by atoms with E-state index in [1.165, 1.54) is 0 Å². The van der Waals surface area contributed by atoms with Gasteiger partial charge in [0.1, 0.15) is 0 Å². The number of para-hydroxylation sites is 1. The summed E-state index contributed by atoms with van der Waals surface area (Å²) in [7, 11) is 0. The van der Waals surface area contributed by atoms with Crippen LogP contribution in [-0.2, 0) is 0 Å². The Kier molecular flexibility index (Phi) is 3.33. The van der Waals surface area contributed by atoms with Gasteiger partial charge in [0.2, 0.25) is 0 Å². The Morgan fingerprint density at radius 2 is 1.67 bits per heavy atom. The van der Waals surface area contributed by atoms with E-state index in [0.717, 1.165) is 16.8 Å². The van der Waals surface area contributed by atoms with Crippen molar-refractivity contribution >= 4 is 11.6 Å². The van der Waals surface area contributed by atoms with Crippen molar-refractivity contribution in [3.8, 4) is 17.2 Å². The summed E-state index contributed by atoms with van der Waals surface area (Å²) in [6, 6.07) is 21.9. The minimum atomic E-state index is -0.746. The van der Waals surface area contributed by atoms with E-state index in [1.54, 1.807) is 23.2 Å². The predicted octanol–water partition coefficient (Wildman–Crippen LogP) is 3.97. The first-order chi connectivity index (χ1) is 11.8. The van der Waals surface area contributed by atoms with Gasteiger partial charge < -0.3 is 0 Å². The van der Waals surface area contributed by atoms with Crippen molar-refractivity contribution in [2.75, 3.05) is 4.90 Å².